The number of hydrogen-bond acceptors (Lipinski definition) is 3. The van der Waals surface area contributed by atoms with Crippen LogP contribution >= 0.6 is 15.9 Å². The summed E-state index contributed by atoms with van der Waals surface area (Å²) in [5.74, 6) is -0.944. The summed E-state index contributed by atoms with van der Waals surface area (Å²) in [6.07, 6.45) is 0. The maximum absolute atomic E-state index is 12.2. The second-order valence-electron chi connectivity index (χ2n) is 4.60. The van der Waals surface area contributed by atoms with E-state index in [0.717, 1.165) is 0 Å². The van der Waals surface area contributed by atoms with Gasteiger partial charge >= 0.3 is 5.97 Å². The molecule has 19 heavy (non-hydrogen) atoms. The lowest BCUT2D eigenvalue weighted by Gasteiger charge is -2.18. The van der Waals surface area contributed by atoms with E-state index in [4.69, 9.17) is 5.11 Å². The Morgan fingerprint density at radius 3 is 2.32 bits per heavy atom. The molecular weight excluding hydrogens is 334 g/mol. The van der Waals surface area contributed by atoms with Crippen molar-refractivity contribution in [2.24, 2.45) is 5.92 Å². The van der Waals surface area contributed by atoms with Gasteiger partial charge in [0, 0.05) is 10.5 Å². The summed E-state index contributed by atoms with van der Waals surface area (Å²) in [5.41, 5.74) is 0.0303. The Balaban J connectivity index is 3.12. The molecule has 0 heterocycles. The van der Waals surface area contributed by atoms with E-state index in [1.165, 1.54) is 18.2 Å². The molecule has 0 saturated heterocycles. The zero-order chi connectivity index (χ0) is 14.8. The number of halogens is 1. The Morgan fingerprint density at radius 2 is 1.89 bits per heavy atom. The minimum absolute atomic E-state index is 0.0303. The van der Waals surface area contributed by atoms with Crippen molar-refractivity contribution in [2.45, 2.75) is 31.7 Å². The van der Waals surface area contributed by atoms with Crippen LogP contribution in [0.15, 0.2) is 27.6 Å². The number of carboxylic acid groups (broad SMARTS) is 1. The molecule has 0 amide bonds. The molecule has 0 radical (unpaired) electrons. The summed E-state index contributed by atoms with van der Waals surface area (Å²) in [4.78, 5) is 10.8. The number of rotatable bonds is 5. The van der Waals surface area contributed by atoms with Crippen molar-refractivity contribution in [1.29, 1.82) is 0 Å². The van der Waals surface area contributed by atoms with Gasteiger partial charge < -0.3 is 5.11 Å². The fourth-order valence-electron chi connectivity index (χ4n) is 1.30. The van der Waals surface area contributed by atoms with E-state index < -0.39 is 16.0 Å². The molecule has 0 aromatic heterocycles. The van der Waals surface area contributed by atoms with Crippen molar-refractivity contribution >= 4 is 31.9 Å². The smallest absolute Gasteiger partial charge is 0.335 e. The second kappa shape index (κ2) is 6.02. The van der Waals surface area contributed by atoms with Crippen LogP contribution in [0.4, 0.5) is 0 Å². The van der Waals surface area contributed by atoms with Crippen LogP contribution in [0, 0.1) is 5.92 Å². The van der Waals surface area contributed by atoms with Crippen LogP contribution in [-0.4, -0.2) is 25.5 Å². The van der Waals surface area contributed by atoms with Gasteiger partial charge in [0.25, 0.3) is 0 Å². The SMILES string of the molecule is CC(C)C(C)NS(=O)(=O)c1ccc(C(=O)O)cc1Br. The number of aromatic carboxylic acids is 1. The fourth-order valence-corrected chi connectivity index (χ4v) is 3.77. The van der Waals surface area contributed by atoms with Gasteiger partial charge in [0.05, 0.1) is 10.5 Å². The molecule has 0 spiro atoms. The third-order valence-electron chi connectivity index (χ3n) is 2.81. The highest BCUT2D eigenvalue weighted by Gasteiger charge is 2.22. The third kappa shape index (κ3) is 4.02. The van der Waals surface area contributed by atoms with Gasteiger partial charge in [-0.2, -0.15) is 0 Å². The van der Waals surface area contributed by atoms with Crippen LogP contribution in [-0.2, 0) is 10.0 Å². The lowest BCUT2D eigenvalue weighted by molar-refractivity contribution is 0.0696. The predicted octanol–water partition coefficient (Wildman–Crippen LogP) is 2.47. The minimum atomic E-state index is -3.67. The van der Waals surface area contributed by atoms with Crippen molar-refractivity contribution < 1.29 is 18.3 Å². The molecule has 0 bridgehead atoms. The van der Waals surface area contributed by atoms with Crippen LogP contribution in [0.25, 0.3) is 0 Å². The summed E-state index contributed by atoms with van der Waals surface area (Å²) in [7, 11) is -3.67. The Hall–Kier alpha value is -0.920. The quantitative estimate of drug-likeness (QED) is 0.855. The topological polar surface area (TPSA) is 83.5 Å². The van der Waals surface area contributed by atoms with Crippen molar-refractivity contribution in [1.82, 2.24) is 4.72 Å². The Morgan fingerprint density at radius 1 is 1.32 bits per heavy atom. The first-order valence-corrected chi connectivity index (χ1v) is 7.98. The Bertz CT molecular complexity index is 583. The van der Waals surface area contributed by atoms with Gasteiger partial charge in [0.1, 0.15) is 0 Å². The minimum Gasteiger partial charge on any atom is -0.478 e. The first kappa shape index (κ1) is 16.1. The molecule has 1 aromatic rings. The zero-order valence-corrected chi connectivity index (χ0v) is 13.2. The molecule has 0 fully saturated rings. The molecule has 0 saturated carbocycles. The molecule has 0 aliphatic heterocycles. The van der Waals surface area contributed by atoms with E-state index in [-0.39, 0.29) is 26.9 Å². The molecule has 7 heteroatoms. The lowest BCUT2D eigenvalue weighted by Crippen LogP contribution is -2.36. The average Bonchev–Trinajstić information content (AvgIpc) is 2.27. The van der Waals surface area contributed by atoms with Crippen LogP contribution < -0.4 is 4.72 Å². The van der Waals surface area contributed by atoms with E-state index in [1.807, 2.05) is 13.8 Å². The van der Waals surface area contributed by atoms with Gasteiger partial charge in [-0.1, -0.05) is 13.8 Å². The summed E-state index contributed by atoms with van der Waals surface area (Å²) in [6, 6.07) is 3.61. The summed E-state index contributed by atoms with van der Waals surface area (Å²) < 4.78 is 27.1. The molecular formula is C12H16BrNO4S. The number of benzene rings is 1. The summed E-state index contributed by atoms with van der Waals surface area (Å²) in [6.45, 7) is 5.60. The summed E-state index contributed by atoms with van der Waals surface area (Å²) >= 11 is 3.10. The Kier molecular flexibility index (Phi) is 5.11. The van der Waals surface area contributed by atoms with E-state index >= 15 is 0 Å². The number of carbonyl (C=O) groups is 1. The highest BCUT2D eigenvalue weighted by Crippen LogP contribution is 2.24. The van der Waals surface area contributed by atoms with Crippen LogP contribution in [0.3, 0.4) is 0 Å². The largest absolute Gasteiger partial charge is 0.478 e. The first-order chi connectivity index (χ1) is 8.65. The third-order valence-corrected chi connectivity index (χ3v) is 5.35. The van der Waals surface area contributed by atoms with Crippen molar-refractivity contribution in [2.75, 3.05) is 0 Å². The van der Waals surface area contributed by atoms with Gasteiger partial charge in [0.15, 0.2) is 0 Å². The molecule has 1 unspecified atom stereocenters. The molecule has 1 rings (SSSR count). The lowest BCUT2D eigenvalue weighted by atomic mass is 10.1. The number of sulfonamides is 1. The fraction of sp³-hybridized carbons (Fsp3) is 0.417. The van der Waals surface area contributed by atoms with Crippen molar-refractivity contribution in [3.8, 4) is 0 Å². The molecule has 0 aliphatic rings. The molecule has 1 aromatic carbocycles. The van der Waals surface area contributed by atoms with Gasteiger partial charge in [-0.3, -0.25) is 0 Å². The maximum atomic E-state index is 12.2. The van der Waals surface area contributed by atoms with Crippen LogP contribution in [0.2, 0.25) is 0 Å². The normalized spacial score (nSPS) is 13.5. The average molecular weight is 350 g/mol. The molecule has 5 nitrogen and oxygen atoms in total. The molecule has 106 valence electrons. The standard InChI is InChI=1S/C12H16BrNO4S/c1-7(2)8(3)14-19(17,18)11-5-4-9(12(15)16)6-10(11)13/h4-8,14H,1-3H3,(H,15,16). The van der Waals surface area contributed by atoms with E-state index in [1.54, 1.807) is 6.92 Å². The number of nitrogens with one attached hydrogen (secondary N) is 1. The van der Waals surface area contributed by atoms with E-state index in [0.29, 0.717) is 0 Å². The van der Waals surface area contributed by atoms with Crippen molar-refractivity contribution in [3.05, 3.63) is 28.2 Å². The summed E-state index contributed by atoms with van der Waals surface area (Å²) in [5, 5.41) is 8.84. The molecule has 1 atom stereocenters. The number of carboxylic acids is 1. The van der Waals surface area contributed by atoms with Crippen molar-refractivity contribution in [3.63, 3.8) is 0 Å². The van der Waals surface area contributed by atoms with Gasteiger partial charge in [-0.25, -0.2) is 17.9 Å². The van der Waals surface area contributed by atoms with E-state index in [2.05, 4.69) is 20.7 Å². The first-order valence-electron chi connectivity index (χ1n) is 5.70. The molecule has 2 N–H and O–H groups in total. The highest BCUT2D eigenvalue weighted by molar-refractivity contribution is 9.10. The van der Waals surface area contributed by atoms with E-state index in [9.17, 15) is 13.2 Å². The van der Waals surface area contributed by atoms with Crippen LogP contribution in [0.1, 0.15) is 31.1 Å². The monoisotopic (exact) mass is 349 g/mol. The zero-order valence-electron chi connectivity index (χ0n) is 10.8. The molecule has 0 aliphatic carbocycles. The number of hydrogen-bond donors (Lipinski definition) is 2. The van der Waals surface area contributed by atoms with Crippen LogP contribution in [0.5, 0.6) is 0 Å². The predicted molar refractivity (Wildman–Crippen MR) is 75.7 cm³/mol. The van der Waals surface area contributed by atoms with Gasteiger partial charge in [-0.15, -0.1) is 0 Å². The van der Waals surface area contributed by atoms with Gasteiger partial charge in [0.2, 0.25) is 10.0 Å². The maximum Gasteiger partial charge on any atom is 0.335 e. The second-order valence-corrected chi connectivity index (χ2v) is 7.14. The Labute approximate surface area is 121 Å². The van der Waals surface area contributed by atoms with Gasteiger partial charge in [-0.05, 0) is 47.0 Å². The highest BCUT2D eigenvalue weighted by atomic mass is 79.9.